The zero-order valence-corrected chi connectivity index (χ0v) is 20.8. The number of methoxy groups -OCH3 is 1. The third-order valence-electron chi connectivity index (χ3n) is 6.85. The van der Waals surface area contributed by atoms with Gasteiger partial charge in [-0.05, 0) is 85.3 Å². The fourth-order valence-corrected chi connectivity index (χ4v) is 5.56. The number of likely N-dealkylation sites (tertiary alicyclic amines) is 1. The minimum absolute atomic E-state index is 0.143. The van der Waals surface area contributed by atoms with Gasteiger partial charge in [0, 0.05) is 24.5 Å². The Morgan fingerprint density at radius 3 is 2.97 bits per heavy atom. The molecule has 3 atom stereocenters. The fourth-order valence-electron chi connectivity index (χ4n) is 4.97. The number of benzene rings is 1. The van der Waals surface area contributed by atoms with Crippen molar-refractivity contribution < 1.29 is 19.0 Å². The maximum atomic E-state index is 15.5. The molecule has 35 heavy (non-hydrogen) atoms. The average molecular weight is 495 g/mol. The number of thiophene rings is 1. The number of piperidine rings is 1. The quantitative estimate of drug-likeness (QED) is 0.373. The van der Waals surface area contributed by atoms with E-state index in [0.717, 1.165) is 41.7 Å². The first kappa shape index (κ1) is 25.2. The normalized spacial score (nSPS) is 19.1. The number of hydrogen-bond acceptors (Lipinski definition) is 5. The van der Waals surface area contributed by atoms with Crippen molar-refractivity contribution in [1.82, 2.24) is 9.88 Å². The smallest absolute Gasteiger partial charge is 0.303 e. The summed E-state index contributed by atoms with van der Waals surface area (Å²) >= 11 is 1.63. The van der Waals surface area contributed by atoms with Gasteiger partial charge in [0.15, 0.2) is 0 Å². The lowest BCUT2D eigenvalue weighted by Gasteiger charge is -2.38. The molecule has 0 bridgehead atoms. The first-order valence-electron chi connectivity index (χ1n) is 12.1. The molecular formula is C28H31FN2O3S. The monoisotopic (exact) mass is 494 g/mol. The van der Waals surface area contributed by atoms with Gasteiger partial charge in [-0.3, -0.25) is 14.7 Å². The summed E-state index contributed by atoms with van der Waals surface area (Å²) < 4.78 is 20.8. The SMILES string of the molecule is COc1ccc2nccc([C@H](F)CC[C@@H]3CCN(CC#Cc4cccs4)C[C@H]3CCC(=O)O)c2c1. The maximum absolute atomic E-state index is 15.5. The molecule has 0 aliphatic carbocycles. The van der Waals surface area contributed by atoms with Gasteiger partial charge in [0.25, 0.3) is 0 Å². The van der Waals surface area contributed by atoms with Gasteiger partial charge in [0.1, 0.15) is 11.9 Å². The highest BCUT2D eigenvalue weighted by Crippen LogP contribution is 2.36. The minimum atomic E-state index is -1.11. The number of alkyl halides is 1. The molecule has 0 unspecified atom stereocenters. The van der Waals surface area contributed by atoms with E-state index in [-0.39, 0.29) is 12.3 Å². The molecule has 1 N–H and O–H groups in total. The van der Waals surface area contributed by atoms with Crippen LogP contribution < -0.4 is 4.74 Å². The van der Waals surface area contributed by atoms with Gasteiger partial charge >= 0.3 is 5.97 Å². The molecule has 3 heterocycles. The number of pyridine rings is 1. The summed E-state index contributed by atoms with van der Waals surface area (Å²) in [7, 11) is 1.60. The Morgan fingerprint density at radius 1 is 1.31 bits per heavy atom. The van der Waals surface area contributed by atoms with Gasteiger partial charge in [0.2, 0.25) is 0 Å². The number of ether oxygens (including phenoxy) is 1. The summed E-state index contributed by atoms with van der Waals surface area (Å²) in [5.74, 6) is 6.88. The number of carboxylic acids is 1. The maximum Gasteiger partial charge on any atom is 0.303 e. The summed E-state index contributed by atoms with van der Waals surface area (Å²) in [5.41, 5.74) is 1.39. The number of hydrogen-bond donors (Lipinski definition) is 1. The van der Waals surface area contributed by atoms with E-state index in [1.807, 2.05) is 35.7 Å². The summed E-state index contributed by atoms with van der Waals surface area (Å²) in [6, 6.07) is 11.3. The zero-order valence-electron chi connectivity index (χ0n) is 20.0. The van der Waals surface area contributed by atoms with Gasteiger partial charge in [-0.15, -0.1) is 11.3 Å². The van der Waals surface area contributed by atoms with Crippen LogP contribution in [0.5, 0.6) is 5.75 Å². The highest BCUT2D eigenvalue weighted by molar-refractivity contribution is 7.10. The largest absolute Gasteiger partial charge is 0.497 e. The van der Waals surface area contributed by atoms with E-state index in [1.54, 1.807) is 30.7 Å². The minimum Gasteiger partial charge on any atom is -0.497 e. The van der Waals surface area contributed by atoms with Crippen LogP contribution in [0.2, 0.25) is 0 Å². The van der Waals surface area contributed by atoms with E-state index in [2.05, 4.69) is 21.7 Å². The Balaban J connectivity index is 1.39. The van der Waals surface area contributed by atoms with Gasteiger partial charge < -0.3 is 9.84 Å². The van der Waals surface area contributed by atoms with E-state index in [9.17, 15) is 9.90 Å². The Hall–Kier alpha value is -2.95. The molecule has 4 rings (SSSR count). The van der Waals surface area contributed by atoms with E-state index < -0.39 is 12.1 Å². The molecule has 3 aromatic rings. The Kier molecular flexibility index (Phi) is 8.73. The zero-order chi connectivity index (χ0) is 24.6. The molecule has 1 saturated heterocycles. The Morgan fingerprint density at radius 2 is 2.20 bits per heavy atom. The molecule has 2 aromatic heterocycles. The summed E-state index contributed by atoms with van der Waals surface area (Å²) in [6.45, 7) is 2.38. The molecule has 1 aliphatic heterocycles. The standard InChI is InChI=1S/C28H31FN2O3S/c1-34-22-8-10-27-25(18-22)24(12-14-30-27)26(29)9-6-20-13-16-31(19-21(20)7-11-28(32)33)15-2-4-23-5-3-17-35-23/h3,5,8,10,12,14,17-18,20-21,26H,6-7,9,11,13,15-16,19H2,1H3,(H,32,33)/t20-,21-,26-/m1/s1. The van der Waals surface area contributed by atoms with Crippen LogP contribution >= 0.6 is 11.3 Å². The van der Waals surface area contributed by atoms with E-state index in [4.69, 9.17) is 4.74 Å². The van der Waals surface area contributed by atoms with Crippen LogP contribution in [0.15, 0.2) is 48.0 Å². The van der Waals surface area contributed by atoms with Gasteiger partial charge in [0.05, 0.1) is 24.0 Å². The number of halogens is 1. The van der Waals surface area contributed by atoms with Crippen molar-refractivity contribution in [1.29, 1.82) is 0 Å². The third kappa shape index (κ3) is 6.81. The predicted octanol–water partition coefficient (Wildman–Crippen LogP) is 5.95. The molecule has 0 saturated carbocycles. The number of fused-ring (bicyclic) bond motifs is 1. The van der Waals surface area contributed by atoms with Crippen molar-refractivity contribution in [3.05, 3.63) is 58.4 Å². The number of rotatable bonds is 9. The second-order valence-corrected chi connectivity index (χ2v) is 10.0. The lowest BCUT2D eigenvalue weighted by Crippen LogP contribution is -2.41. The molecule has 0 spiro atoms. The van der Waals surface area contributed by atoms with Crippen LogP contribution in [0, 0.1) is 23.7 Å². The van der Waals surface area contributed by atoms with E-state index in [0.29, 0.717) is 36.6 Å². The summed E-state index contributed by atoms with van der Waals surface area (Å²) in [5, 5.41) is 12.0. The van der Waals surface area contributed by atoms with Crippen LogP contribution in [0.25, 0.3) is 10.9 Å². The molecule has 5 nitrogen and oxygen atoms in total. The molecule has 1 aliphatic rings. The highest BCUT2D eigenvalue weighted by atomic mass is 32.1. The topological polar surface area (TPSA) is 62.7 Å². The van der Waals surface area contributed by atoms with E-state index in [1.165, 1.54) is 0 Å². The number of carboxylic acid groups (broad SMARTS) is 1. The van der Waals surface area contributed by atoms with Crippen molar-refractivity contribution in [2.24, 2.45) is 11.8 Å². The van der Waals surface area contributed by atoms with Crippen LogP contribution in [-0.4, -0.2) is 47.7 Å². The first-order valence-corrected chi connectivity index (χ1v) is 12.9. The average Bonchev–Trinajstić information content (AvgIpc) is 3.39. The molecule has 0 amide bonds. The van der Waals surface area contributed by atoms with E-state index >= 15 is 4.39 Å². The Labute approximate surface area is 209 Å². The number of aliphatic carboxylic acids is 1. The summed E-state index contributed by atoms with van der Waals surface area (Å²) in [4.78, 5) is 19.0. The van der Waals surface area contributed by atoms with Crippen LogP contribution in [-0.2, 0) is 4.79 Å². The third-order valence-corrected chi connectivity index (χ3v) is 7.64. The molecule has 7 heteroatoms. The van der Waals surface area contributed by atoms with Gasteiger partial charge in [-0.2, -0.15) is 0 Å². The second-order valence-electron chi connectivity index (χ2n) is 9.08. The van der Waals surface area contributed by atoms with Crippen molar-refractivity contribution in [3.8, 4) is 17.6 Å². The Bertz CT molecular complexity index is 1190. The number of carbonyl (C=O) groups is 1. The lowest BCUT2D eigenvalue weighted by molar-refractivity contribution is -0.137. The number of nitrogens with zero attached hydrogens (tertiary/aromatic N) is 2. The summed E-state index contributed by atoms with van der Waals surface area (Å²) in [6.07, 6.45) is 3.37. The van der Waals surface area contributed by atoms with Crippen molar-refractivity contribution in [3.63, 3.8) is 0 Å². The predicted molar refractivity (Wildman–Crippen MR) is 137 cm³/mol. The fraction of sp³-hybridized carbons (Fsp3) is 0.429. The van der Waals surface area contributed by atoms with Gasteiger partial charge in [-0.25, -0.2) is 4.39 Å². The van der Waals surface area contributed by atoms with Crippen molar-refractivity contribution in [2.45, 2.75) is 38.3 Å². The second kappa shape index (κ2) is 12.1. The van der Waals surface area contributed by atoms with Crippen LogP contribution in [0.4, 0.5) is 4.39 Å². The van der Waals surface area contributed by atoms with Crippen molar-refractivity contribution >= 4 is 28.2 Å². The molecule has 1 aromatic carbocycles. The first-order chi connectivity index (χ1) is 17.0. The van der Waals surface area contributed by atoms with Gasteiger partial charge in [-0.1, -0.05) is 17.9 Å². The van der Waals surface area contributed by atoms with Crippen LogP contribution in [0.1, 0.15) is 48.7 Å². The van der Waals surface area contributed by atoms with Crippen molar-refractivity contribution in [2.75, 3.05) is 26.7 Å². The lowest BCUT2D eigenvalue weighted by atomic mass is 9.79. The number of aromatic nitrogens is 1. The molecular weight excluding hydrogens is 463 g/mol. The molecule has 1 fully saturated rings. The molecule has 0 radical (unpaired) electrons. The molecule has 184 valence electrons. The van der Waals surface area contributed by atoms with Crippen LogP contribution in [0.3, 0.4) is 0 Å². The highest BCUT2D eigenvalue weighted by Gasteiger charge is 2.30.